The molecule has 1 N–H and O–H groups in total. The van der Waals surface area contributed by atoms with E-state index in [0.29, 0.717) is 11.8 Å². The molecule has 19 heavy (non-hydrogen) atoms. The van der Waals surface area contributed by atoms with Gasteiger partial charge < -0.3 is 14.6 Å². The summed E-state index contributed by atoms with van der Waals surface area (Å²) in [7, 11) is 4.16. The number of nitrogens with zero attached hydrogens (tertiary/aromatic N) is 1. The first-order valence-corrected chi connectivity index (χ1v) is 6.95. The highest BCUT2D eigenvalue weighted by molar-refractivity contribution is 5.90. The van der Waals surface area contributed by atoms with E-state index in [1.165, 1.54) is 11.1 Å². The minimum atomic E-state index is 0.628. The van der Waals surface area contributed by atoms with E-state index in [1.54, 1.807) is 0 Å². The van der Waals surface area contributed by atoms with Crippen molar-refractivity contribution in [3.05, 3.63) is 30.5 Å². The Morgan fingerprint density at radius 1 is 1.26 bits per heavy atom. The first kappa shape index (κ1) is 13.9. The van der Waals surface area contributed by atoms with E-state index in [4.69, 9.17) is 4.42 Å². The van der Waals surface area contributed by atoms with Crippen molar-refractivity contribution in [3.8, 4) is 0 Å². The van der Waals surface area contributed by atoms with Crippen LogP contribution in [0.3, 0.4) is 0 Å². The van der Waals surface area contributed by atoms with Crippen molar-refractivity contribution in [2.45, 2.75) is 13.8 Å². The van der Waals surface area contributed by atoms with E-state index >= 15 is 0 Å². The first-order chi connectivity index (χ1) is 9.13. The largest absolute Gasteiger partial charge is 0.462 e. The molecule has 0 spiro atoms. The molecule has 0 bridgehead atoms. The van der Waals surface area contributed by atoms with Gasteiger partial charge in [0.2, 0.25) is 0 Å². The SMILES string of the molecule is CNCC(CN(C)c1coc2ccccc12)C(C)C. The molecule has 3 nitrogen and oxygen atoms in total. The average molecular weight is 260 g/mol. The van der Waals surface area contributed by atoms with Gasteiger partial charge in [-0.3, -0.25) is 0 Å². The van der Waals surface area contributed by atoms with Crippen LogP contribution in [0.15, 0.2) is 34.9 Å². The third-order valence-electron chi connectivity index (χ3n) is 3.79. The maximum absolute atomic E-state index is 5.61. The second-order valence-corrected chi connectivity index (χ2v) is 5.56. The zero-order chi connectivity index (χ0) is 13.8. The molecule has 1 aromatic heterocycles. The van der Waals surface area contributed by atoms with Crippen LogP contribution in [0.5, 0.6) is 0 Å². The number of para-hydroxylation sites is 1. The summed E-state index contributed by atoms with van der Waals surface area (Å²) < 4.78 is 5.61. The van der Waals surface area contributed by atoms with Gasteiger partial charge in [-0.25, -0.2) is 0 Å². The monoisotopic (exact) mass is 260 g/mol. The zero-order valence-electron chi connectivity index (χ0n) is 12.3. The maximum atomic E-state index is 5.61. The Morgan fingerprint density at radius 3 is 2.68 bits per heavy atom. The van der Waals surface area contributed by atoms with Gasteiger partial charge in [0.1, 0.15) is 11.8 Å². The summed E-state index contributed by atoms with van der Waals surface area (Å²) in [5, 5.41) is 4.48. The molecule has 2 rings (SSSR count). The summed E-state index contributed by atoms with van der Waals surface area (Å²) in [5.41, 5.74) is 2.14. The predicted octanol–water partition coefficient (Wildman–Crippen LogP) is 3.36. The fraction of sp³-hybridized carbons (Fsp3) is 0.500. The molecule has 1 heterocycles. The Labute approximate surface area is 115 Å². The average Bonchev–Trinajstić information content (AvgIpc) is 2.81. The molecule has 0 radical (unpaired) electrons. The zero-order valence-corrected chi connectivity index (χ0v) is 12.3. The fourth-order valence-electron chi connectivity index (χ4n) is 2.48. The Bertz CT molecular complexity index is 518. The molecule has 3 heteroatoms. The van der Waals surface area contributed by atoms with Crippen molar-refractivity contribution >= 4 is 16.7 Å². The van der Waals surface area contributed by atoms with Gasteiger partial charge in [-0.05, 0) is 37.6 Å². The molecule has 0 saturated carbocycles. The number of nitrogens with one attached hydrogen (secondary N) is 1. The highest BCUT2D eigenvalue weighted by atomic mass is 16.3. The minimum Gasteiger partial charge on any atom is -0.462 e. The molecule has 0 saturated heterocycles. The number of hydrogen-bond donors (Lipinski definition) is 1. The van der Waals surface area contributed by atoms with Crippen molar-refractivity contribution in [3.63, 3.8) is 0 Å². The molecule has 0 aliphatic heterocycles. The van der Waals surface area contributed by atoms with Crippen molar-refractivity contribution in [1.82, 2.24) is 5.32 Å². The van der Waals surface area contributed by atoms with Gasteiger partial charge in [-0.1, -0.05) is 26.0 Å². The standard InChI is InChI=1S/C16H24N2O/c1-12(2)13(9-17-3)10-18(4)15-11-19-16-8-6-5-7-14(15)16/h5-8,11-13,17H,9-10H2,1-4H3. The van der Waals surface area contributed by atoms with Gasteiger partial charge in [0, 0.05) is 19.0 Å². The number of rotatable bonds is 6. The lowest BCUT2D eigenvalue weighted by molar-refractivity contribution is 0.376. The van der Waals surface area contributed by atoms with Gasteiger partial charge in [-0.15, -0.1) is 0 Å². The molecule has 104 valence electrons. The van der Waals surface area contributed by atoms with Crippen LogP contribution in [0.2, 0.25) is 0 Å². The molecule has 1 aromatic carbocycles. The summed E-state index contributed by atoms with van der Waals surface area (Å²) in [5.74, 6) is 1.29. The molecule has 0 aliphatic carbocycles. The summed E-state index contributed by atoms with van der Waals surface area (Å²) in [6.45, 7) is 6.63. The Hall–Kier alpha value is -1.48. The van der Waals surface area contributed by atoms with E-state index in [0.717, 1.165) is 18.7 Å². The lowest BCUT2D eigenvalue weighted by Gasteiger charge is -2.27. The van der Waals surface area contributed by atoms with Gasteiger partial charge in [0.15, 0.2) is 0 Å². The molecule has 0 amide bonds. The molecule has 0 fully saturated rings. The summed E-state index contributed by atoms with van der Waals surface area (Å²) >= 11 is 0. The first-order valence-electron chi connectivity index (χ1n) is 6.95. The van der Waals surface area contributed by atoms with Crippen molar-refractivity contribution < 1.29 is 4.42 Å². The third-order valence-corrected chi connectivity index (χ3v) is 3.79. The van der Waals surface area contributed by atoms with E-state index in [2.05, 4.69) is 43.2 Å². The van der Waals surface area contributed by atoms with Crippen LogP contribution in [0, 0.1) is 11.8 Å². The van der Waals surface area contributed by atoms with E-state index in [9.17, 15) is 0 Å². The Balaban J connectivity index is 2.17. The molecule has 2 aromatic rings. The molecular formula is C16H24N2O. The predicted molar refractivity (Wildman–Crippen MR) is 81.7 cm³/mol. The van der Waals surface area contributed by atoms with E-state index < -0.39 is 0 Å². The topological polar surface area (TPSA) is 28.4 Å². The van der Waals surface area contributed by atoms with Crippen LogP contribution < -0.4 is 10.2 Å². The summed E-state index contributed by atoms with van der Waals surface area (Å²) in [6.07, 6.45) is 1.86. The normalized spacial score (nSPS) is 13.1. The van der Waals surface area contributed by atoms with Crippen LogP contribution in [0.1, 0.15) is 13.8 Å². The Morgan fingerprint density at radius 2 is 2.00 bits per heavy atom. The minimum absolute atomic E-state index is 0.628. The number of anilines is 1. The smallest absolute Gasteiger partial charge is 0.136 e. The highest BCUT2D eigenvalue weighted by Gasteiger charge is 2.17. The Kier molecular flexibility index (Phi) is 4.48. The van der Waals surface area contributed by atoms with Gasteiger partial charge in [-0.2, -0.15) is 0 Å². The van der Waals surface area contributed by atoms with Crippen LogP contribution in [0.4, 0.5) is 5.69 Å². The third kappa shape index (κ3) is 3.10. The van der Waals surface area contributed by atoms with Crippen LogP contribution in [-0.4, -0.2) is 27.2 Å². The fourth-order valence-corrected chi connectivity index (χ4v) is 2.48. The number of fused-ring (bicyclic) bond motifs is 1. The quantitative estimate of drug-likeness (QED) is 0.863. The highest BCUT2D eigenvalue weighted by Crippen LogP contribution is 2.29. The van der Waals surface area contributed by atoms with E-state index in [-0.39, 0.29) is 0 Å². The van der Waals surface area contributed by atoms with Crippen molar-refractivity contribution in [2.24, 2.45) is 11.8 Å². The van der Waals surface area contributed by atoms with Crippen molar-refractivity contribution in [2.75, 3.05) is 32.1 Å². The molecule has 1 atom stereocenters. The van der Waals surface area contributed by atoms with Gasteiger partial charge >= 0.3 is 0 Å². The lowest BCUT2D eigenvalue weighted by atomic mass is 9.95. The van der Waals surface area contributed by atoms with Gasteiger partial charge in [0.25, 0.3) is 0 Å². The number of hydrogen-bond acceptors (Lipinski definition) is 3. The number of furan rings is 1. The maximum Gasteiger partial charge on any atom is 0.136 e. The second-order valence-electron chi connectivity index (χ2n) is 5.56. The molecule has 1 unspecified atom stereocenters. The molecular weight excluding hydrogens is 236 g/mol. The molecule has 0 aliphatic rings. The van der Waals surface area contributed by atoms with Crippen LogP contribution in [0.25, 0.3) is 11.0 Å². The lowest BCUT2D eigenvalue weighted by Crippen LogP contribution is -2.34. The van der Waals surface area contributed by atoms with Crippen LogP contribution in [-0.2, 0) is 0 Å². The second kappa shape index (κ2) is 6.11. The van der Waals surface area contributed by atoms with Gasteiger partial charge in [0.05, 0.1) is 5.69 Å². The number of benzene rings is 1. The van der Waals surface area contributed by atoms with Crippen molar-refractivity contribution in [1.29, 1.82) is 0 Å². The summed E-state index contributed by atoms with van der Waals surface area (Å²) in [4.78, 5) is 2.30. The van der Waals surface area contributed by atoms with E-state index in [1.807, 2.05) is 25.4 Å². The van der Waals surface area contributed by atoms with Crippen LogP contribution >= 0.6 is 0 Å². The summed E-state index contributed by atoms with van der Waals surface area (Å²) in [6, 6.07) is 8.20.